The zero-order chi connectivity index (χ0) is 22.2. The van der Waals surface area contributed by atoms with E-state index in [4.69, 9.17) is 9.68 Å². The summed E-state index contributed by atoms with van der Waals surface area (Å²) < 4.78 is 0. The number of rotatable bonds is 7. The first-order valence-electron chi connectivity index (χ1n) is 11.2. The van der Waals surface area contributed by atoms with E-state index < -0.39 is 11.9 Å². The fraction of sp³-hybridized carbons (Fsp3) is 0.417. The maximum atomic E-state index is 12.2. The molecule has 2 saturated heterocycles. The van der Waals surface area contributed by atoms with E-state index in [-0.39, 0.29) is 12.8 Å². The third kappa shape index (κ3) is 6.21. The van der Waals surface area contributed by atoms with Gasteiger partial charge in [-0.3, -0.25) is 9.59 Å². The number of hydrogen-bond donors (Lipinski definition) is 0. The van der Waals surface area contributed by atoms with Crippen LogP contribution in [0.2, 0.25) is 0 Å². The molecule has 0 bridgehead atoms. The highest BCUT2D eigenvalue weighted by molar-refractivity contribution is 5.77. The van der Waals surface area contributed by atoms with Gasteiger partial charge in [0.15, 0.2) is 0 Å². The first-order chi connectivity index (χ1) is 15.7. The third-order valence-electron chi connectivity index (χ3n) is 5.72. The molecule has 4 rings (SSSR count). The predicted octanol–water partition coefficient (Wildman–Crippen LogP) is 2.33. The minimum atomic E-state index is -0.399. The maximum absolute atomic E-state index is 12.2. The summed E-state index contributed by atoms with van der Waals surface area (Å²) >= 11 is 0. The molecule has 0 saturated carbocycles. The van der Waals surface area contributed by atoms with Crippen LogP contribution in [0.1, 0.15) is 12.8 Å². The van der Waals surface area contributed by atoms with Crippen LogP contribution in [0.25, 0.3) is 0 Å². The number of carbonyl (C=O) groups is 2. The monoisotopic (exact) mass is 438 g/mol. The lowest BCUT2D eigenvalue weighted by molar-refractivity contribution is -0.198. The quantitative estimate of drug-likeness (QED) is 0.653. The van der Waals surface area contributed by atoms with Gasteiger partial charge in [-0.1, -0.05) is 36.4 Å². The molecule has 2 aliphatic heterocycles. The molecule has 2 aromatic carbocycles. The standard InChI is InChI=1S/C24H30N4O4/c29-23(31-27-17-13-25(14-18-27)21-7-3-1-4-8-21)11-12-24(30)32-28-19-15-26(16-20-28)22-9-5-2-6-10-22/h1-10H,11-20H2. The molecular formula is C24H30N4O4. The summed E-state index contributed by atoms with van der Waals surface area (Å²) in [5.74, 6) is -0.798. The Labute approximate surface area is 188 Å². The second kappa shape index (κ2) is 11.0. The van der Waals surface area contributed by atoms with Crippen molar-refractivity contribution in [1.29, 1.82) is 0 Å². The van der Waals surface area contributed by atoms with Gasteiger partial charge in [-0.15, -0.1) is 10.1 Å². The van der Waals surface area contributed by atoms with Crippen LogP contribution < -0.4 is 9.80 Å². The Hall–Kier alpha value is -3.10. The molecule has 0 radical (unpaired) electrons. The van der Waals surface area contributed by atoms with Gasteiger partial charge in [-0.05, 0) is 24.3 Å². The van der Waals surface area contributed by atoms with Crippen LogP contribution in [-0.2, 0) is 19.3 Å². The van der Waals surface area contributed by atoms with Crippen LogP contribution >= 0.6 is 0 Å². The molecule has 0 unspecified atom stereocenters. The zero-order valence-electron chi connectivity index (χ0n) is 18.3. The molecule has 2 aliphatic rings. The molecule has 32 heavy (non-hydrogen) atoms. The molecule has 0 spiro atoms. The van der Waals surface area contributed by atoms with Crippen LogP contribution in [0.3, 0.4) is 0 Å². The molecule has 0 amide bonds. The fourth-order valence-corrected chi connectivity index (χ4v) is 3.94. The molecular weight excluding hydrogens is 408 g/mol. The summed E-state index contributed by atoms with van der Waals surface area (Å²) in [7, 11) is 0. The van der Waals surface area contributed by atoms with Gasteiger partial charge < -0.3 is 19.5 Å². The van der Waals surface area contributed by atoms with E-state index in [0.29, 0.717) is 26.2 Å². The smallest absolute Gasteiger partial charge is 0.325 e. The van der Waals surface area contributed by atoms with Crippen molar-refractivity contribution >= 4 is 23.3 Å². The SMILES string of the molecule is O=C(CCC(=O)ON1CCN(c2ccccc2)CC1)ON1CCN(c2ccccc2)CC1. The topological polar surface area (TPSA) is 65.6 Å². The Morgan fingerprint density at radius 2 is 0.906 bits per heavy atom. The van der Waals surface area contributed by atoms with E-state index in [2.05, 4.69) is 34.1 Å². The molecule has 8 heteroatoms. The first kappa shape index (κ1) is 22.1. The molecule has 2 aromatic rings. The zero-order valence-corrected chi connectivity index (χ0v) is 18.3. The van der Waals surface area contributed by atoms with Gasteiger partial charge in [-0.2, -0.15) is 0 Å². The van der Waals surface area contributed by atoms with Crippen LogP contribution in [0.15, 0.2) is 60.7 Å². The van der Waals surface area contributed by atoms with Crippen molar-refractivity contribution in [3.05, 3.63) is 60.7 Å². The second-order valence-corrected chi connectivity index (χ2v) is 7.93. The van der Waals surface area contributed by atoms with Crippen molar-refractivity contribution in [3.63, 3.8) is 0 Å². The highest BCUT2D eigenvalue weighted by Crippen LogP contribution is 2.17. The largest absolute Gasteiger partial charge is 0.369 e. The van der Waals surface area contributed by atoms with E-state index in [1.54, 1.807) is 10.1 Å². The normalized spacial score (nSPS) is 17.8. The molecule has 0 N–H and O–H groups in total. The van der Waals surface area contributed by atoms with E-state index in [1.165, 1.54) is 11.4 Å². The van der Waals surface area contributed by atoms with Crippen molar-refractivity contribution in [2.24, 2.45) is 0 Å². The molecule has 8 nitrogen and oxygen atoms in total. The predicted molar refractivity (Wildman–Crippen MR) is 122 cm³/mol. The van der Waals surface area contributed by atoms with E-state index in [9.17, 15) is 9.59 Å². The minimum absolute atomic E-state index is 0.0156. The van der Waals surface area contributed by atoms with Crippen molar-refractivity contribution in [2.75, 3.05) is 62.2 Å². The summed E-state index contributed by atoms with van der Waals surface area (Å²) in [5, 5.41) is 3.35. The van der Waals surface area contributed by atoms with Gasteiger partial charge in [0, 0.05) is 37.6 Å². The number of nitrogens with zero attached hydrogens (tertiary/aromatic N) is 4. The lowest BCUT2D eigenvalue weighted by Gasteiger charge is -2.35. The Balaban J connectivity index is 1.11. The number of anilines is 2. The van der Waals surface area contributed by atoms with Gasteiger partial charge in [0.2, 0.25) is 0 Å². The molecule has 0 aliphatic carbocycles. The number of hydroxylamine groups is 4. The lowest BCUT2D eigenvalue weighted by Crippen LogP contribution is -2.47. The van der Waals surface area contributed by atoms with Crippen molar-refractivity contribution in [2.45, 2.75) is 12.8 Å². The Kier molecular flexibility index (Phi) is 7.58. The minimum Gasteiger partial charge on any atom is -0.369 e. The van der Waals surface area contributed by atoms with Gasteiger partial charge in [0.25, 0.3) is 0 Å². The highest BCUT2D eigenvalue weighted by atomic mass is 16.7. The third-order valence-corrected chi connectivity index (χ3v) is 5.72. The highest BCUT2D eigenvalue weighted by Gasteiger charge is 2.23. The Morgan fingerprint density at radius 3 is 1.25 bits per heavy atom. The van der Waals surface area contributed by atoms with Crippen molar-refractivity contribution in [1.82, 2.24) is 10.1 Å². The molecule has 2 fully saturated rings. The van der Waals surface area contributed by atoms with Crippen LogP contribution in [0, 0.1) is 0 Å². The summed E-state index contributed by atoms with van der Waals surface area (Å²) in [4.78, 5) is 39.7. The molecule has 0 aromatic heterocycles. The molecule has 170 valence electrons. The summed E-state index contributed by atoms with van der Waals surface area (Å²) in [6, 6.07) is 20.4. The Bertz CT molecular complexity index is 791. The number of hydrogen-bond acceptors (Lipinski definition) is 8. The fourth-order valence-electron chi connectivity index (χ4n) is 3.94. The van der Waals surface area contributed by atoms with Gasteiger partial charge in [0.05, 0.1) is 39.0 Å². The van der Waals surface area contributed by atoms with E-state index >= 15 is 0 Å². The van der Waals surface area contributed by atoms with E-state index in [1.807, 2.05) is 36.4 Å². The van der Waals surface area contributed by atoms with Crippen LogP contribution in [0.4, 0.5) is 11.4 Å². The van der Waals surface area contributed by atoms with Crippen molar-refractivity contribution < 1.29 is 19.3 Å². The second-order valence-electron chi connectivity index (χ2n) is 7.93. The number of benzene rings is 2. The maximum Gasteiger partial charge on any atom is 0.325 e. The first-order valence-corrected chi connectivity index (χ1v) is 11.2. The van der Waals surface area contributed by atoms with Gasteiger partial charge >= 0.3 is 11.9 Å². The van der Waals surface area contributed by atoms with Gasteiger partial charge in [-0.25, -0.2) is 0 Å². The lowest BCUT2D eigenvalue weighted by atomic mass is 10.2. The van der Waals surface area contributed by atoms with Crippen LogP contribution in [-0.4, -0.2) is 74.4 Å². The van der Waals surface area contributed by atoms with Gasteiger partial charge in [0.1, 0.15) is 0 Å². The van der Waals surface area contributed by atoms with Crippen molar-refractivity contribution in [3.8, 4) is 0 Å². The average Bonchev–Trinajstić information content (AvgIpc) is 2.85. The number of carbonyl (C=O) groups excluding carboxylic acids is 2. The molecule has 2 heterocycles. The summed E-state index contributed by atoms with van der Waals surface area (Å²) in [6.45, 7) is 5.69. The number of para-hydroxylation sites is 2. The number of piperazine rings is 2. The summed E-state index contributed by atoms with van der Waals surface area (Å²) in [5.41, 5.74) is 2.34. The summed E-state index contributed by atoms with van der Waals surface area (Å²) in [6.07, 6.45) is 0.0312. The average molecular weight is 439 g/mol. The van der Waals surface area contributed by atoms with Crippen LogP contribution in [0.5, 0.6) is 0 Å². The Morgan fingerprint density at radius 1 is 0.562 bits per heavy atom. The van der Waals surface area contributed by atoms with E-state index in [0.717, 1.165) is 26.2 Å². The molecule has 0 atom stereocenters.